The van der Waals surface area contributed by atoms with E-state index in [9.17, 15) is 18.3 Å². The van der Waals surface area contributed by atoms with E-state index in [1.165, 1.54) is 6.07 Å². The van der Waals surface area contributed by atoms with Gasteiger partial charge in [-0.05, 0) is 28.1 Å². The summed E-state index contributed by atoms with van der Waals surface area (Å²) in [5.41, 5.74) is -0.909. The van der Waals surface area contributed by atoms with Gasteiger partial charge >= 0.3 is 6.18 Å². The smallest absolute Gasteiger partial charge is 0.416 e. The van der Waals surface area contributed by atoms with Crippen LogP contribution in [-0.2, 0) is 6.18 Å². The van der Waals surface area contributed by atoms with E-state index in [2.05, 4.69) is 26.6 Å². The second-order valence-electron chi connectivity index (χ2n) is 4.07. The number of hydrogen-bond acceptors (Lipinski definition) is 3. The summed E-state index contributed by atoms with van der Waals surface area (Å²) in [6.07, 6.45) is -4.48. The Balaban J connectivity index is 2.50. The molecule has 1 aliphatic rings. The van der Waals surface area contributed by atoms with Crippen LogP contribution in [0.5, 0.6) is 5.75 Å². The van der Waals surface area contributed by atoms with Crippen LogP contribution in [-0.4, -0.2) is 24.7 Å². The molecule has 0 amide bonds. The van der Waals surface area contributed by atoms with Crippen molar-refractivity contribution in [2.45, 2.75) is 12.2 Å². The molecule has 18 heavy (non-hydrogen) atoms. The fourth-order valence-electron chi connectivity index (χ4n) is 2.04. The van der Waals surface area contributed by atoms with Crippen molar-refractivity contribution in [3.63, 3.8) is 0 Å². The fraction of sp³-hybridized carbons (Fsp3) is 0.455. The Kier molecular flexibility index (Phi) is 3.84. The van der Waals surface area contributed by atoms with Crippen LogP contribution >= 0.6 is 15.9 Å². The van der Waals surface area contributed by atoms with Crippen molar-refractivity contribution in [2.75, 3.05) is 19.6 Å². The van der Waals surface area contributed by atoms with Crippen molar-refractivity contribution in [1.29, 1.82) is 0 Å². The molecule has 2 rings (SSSR count). The molecular weight excluding hydrogens is 313 g/mol. The summed E-state index contributed by atoms with van der Waals surface area (Å²) >= 11 is 3.05. The van der Waals surface area contributed by atoms with E-state index in [1.807, 2.05) is 0 Å². The number of hydrogen-bond donors (Lipinski definition) is 3. The van der Waals surface area contributed by atoms with Gasteiger partial charge in [-0.1, -0.05) is 0 Å². The lowest BCUT2D eigenvalue weighted by molar-refractivity contribution is -0.138. The normalized spacial score (nSPS) is 21.0. The van der Waals surface area contributed by atoms with Gasteiger partial charge in [-0.2, -0.15) is 13.2 Å². The van der Waals surface area contributed by atoms with Crippen molar-refractivity contribution in [1.82, 2.24) is 10.6 Å². The van der Waals surface area contributed by atoms with Gasteiger partial charge in [0.15, 0.2) is 0 Å². The quantitative estimate of drug-likeness (QED) is 0.743. The Hall–Kier alpha value is -0.790. The molecule has 3 N–H and O–H groups in total. The molecule has 0 saturated carbocycles. The largest absolute Gasteiger partial charge is 0.506 e. The van der Waals surface area contributed by atoms with Crippen molar-refractivity contribution >= 4 is 15.9 Å². The summed E-state index contributed by atoms with van der Waals surface area (Å²) < 4.78 is 39.1. The van der Waals surface area contributed by atoms with Crippen molar-refractivity contribution < 1.29 is 18.3 Å². The molecule has 0 aromatic heterocycles. The molecule has 3 nitrogen and oxygen atoms in total. The highest BCUT2D eigenvalue weighted by Crippen LogP contribution is 2.42. The summed E-state index contributed by atoms with van der Waals surface area (Å²) in [5.74, 6) is -0.356. The number of phenolic OH excluding ortho intramolecular Hbond substituents is 1. The number of benzene rings is 1. The van der Waals surface area contributed by atoms with E-state index in [-0.39, 0.29) is 15.8 Å². The Morgan fingerprint density at radius 2 is 2.00 bits per heavy atom. The molecule has 1 aromatic carbocycles. The summed E-state index contributed by atoms with van der Waals surface area (Å²) in [6, 6.07) is 1.64. The van der Waals surface area contributed by atoms with Crippen LogP contribution in [0.2, 0.25) is 0 Å². The summed E-state index contributed by atoms with van der Waals surface area (Å²) in [6.45, 7) is 1.62. The second kappa shape index (κ2) is 5.07. The van der Waals surface area contributed by atoms with E-state index in [1.54, 1.807) is 0 Å². The molecule has 1 aliphatic heterocycles. The van der Waals surface area contributed by atoms with Crippen LogP contribution in [0, 0.1) is 0 Å². The Labute approximate surface area is 111 Å². The molecule has 1 heterocycles. The topological polar surface area (TPSA) is 44.3 Å². The highest BCUT2D eigenvalue weighted by molar-refractivity contribution is 9.10. The van der Waals surface area contributed by atoms with Crippen LogP contribution in [0.3, 0.4) is 0 Å². The predicted octanol–water partition coefficient (Wildman–Crippen LogP) is 2.41. The van der Waals surface area contributed by atoms with Gasteiger partial charge in [-0.3, -0.25) is 0 Å². The van der Waals surface area contributed by atoms with E-state index >= 15 is 0 Å². The number of alkyl halides is 3. The second-order valence-corrected chi connectivity index (χ2v) is 4.92. The van der Waals surface area contributed by atoms with Gasteiger partial charge in [0.05, 0.1) is 10.0 Å². The maximum absolute atomic E-state index is 12.9. The minimum absolute atomic E-state index is 0.107. The lowest BCUT2D eigenvalue weighted by Crippen LogP contribution is -2.43. The van der Waals surface area contributed by atoms with E-state index in [0.29, 0.717) is 19.6 Å². The fourth-order valence-corrected chi connectivity index (χ4v) is 2.38. The van der Waals surface area contributed by atoms with Crippen molar-refractivity contribution in [3.05, 3.63) is 27.7 Å². The third kappa shape index (κ3) is 2.62. The molecule has 0 unspecified atom stereocenters. The molecule has 0 radical (unpaired) electrons. The third-order valence-electron chi connectivity index (χ3n) is 2.86. The molecular formula is C11H12BrF3N2O. The molecule has 7 heteroatoms. The highest BCUT2D eigenvalue weighted by Gasteiger charge is 2.37. The van der Waals surface area contributed by atoms with E-state index in [0.717, 1.165) is 6.07 Å². The van der Waals surface area contributed by atoms with Crippen LogP contribution in [0.25, 0.3) is 0 Å². The average Bonchev–Trinajstić information content (AvgIpc) is 2.32. The van der Waals surface area contributed by atoms with Gasteiger partial charge < -0.3 is 15.7 Å². The van der Waals surface area contributed by atoms with Crippen molar-refractivity contribution in [2.24, 2.45) is 0 Å². The minimum atomic E-state index is -4.48. The number of rotatable bonds is 1. The number of aromatic hydroxyl groups is 1. The SMILES string of the molecule is Oc1c(Br)ccc(C(F)(F)F)c1[C@H]1CNCCN1. The molecule has 1 fully saturated rings. The molecule has 100 valence electrons. The highest BCUT2D eigenvalue weighted by atomic mass is 79.9. The van der Waals surface area contributed by atoms with Gasteiger partial charge in [0.25, 0.3) is 0 Å². The first-order valence-corrected chi connectivity index (χ1v) is 6.23. The zero-order valence-corrected chi connectivity index (χ0v) is 10.9. The van der Waals surface area contributed by atoms with E-state index < -0.39 is 17.8 Å². The Bertz CT molecular complexity index is 445. The average molecular weight is 325 g/mol. The van der Waals surface area contributed by atoms with Gasteiger partial charge in [-0.25, -0.2) is 0 Å². The van der Waals surface area contributed by atoms with Gasteiger partial charge in [0.2, 0.25) is 0 Å². The molecule has 0 aliphatic carbocycles. The molecule has 1 saturated heterocycles. The van der Waals surface area contributed by atoms with E-state index in [4.69, 9.17) is 0 Å². The first-order chi connectivity index (χ1) is 8.41. The first kappa shape index (κ1) is 13.6. The molecule has 0 bridgehead atoms. The monoisotopic (exact) mass is 324 g/mol. The third-order valence-corrected chi connectivity index (χ3v) is 3.50. The predicted molar refractivity (Wildman–Crippen MR) is 64.4 cm³/mol. The molecule has 0 spiro atoms. The summed E-state index contributed by atoms with van der Waals surface area (Å²) in [4.78, 5) is 0. The number of halogens is 4. The van der Waals surface area contributed by atoms with Crippen LogP contribution in [0.4, 0.5) is 13.2 Å². The number of phenols is 1. The maximum atomic E-state index is 12.9. The molecule has 1 aromatic rings. The maximum Gasteiger partial charge on any atom is 0.416 e. The van der Waals surface area contributed by atoms with Crippen LogP contribution in [0.1, 0.15) is 17.2 Å². The molecule has 1 atom stereocenters. The minimum Gasteiger partial charge on any atom is -0.506 e. The lowest BCUT2D eigenvalue weighted by Gasteiger charge is -2.28. The number of nitrogens with one attached hydrogen (secondary N) is 2. The lowest BCUT2D eigenvalue weighted by atomic mass is 9.97. The van der Waals surface area contributed by atoms with Gasteiger partial charge in [0.1, 0.15) is 5.75 Å². The van der Waals surface area contributed by atoms with Gasteiger partial charge in [-0.15, -0.1) is 0 Å². The van der Waals surface area contributed by atoms with Crippen LogP contribution < -0.4 is 10.6 Å². The first-order valence-electron chi connectivity index (χ1n) is 5.44. The Morgan fingerprint density at radius 3 is 2.56 bits per heavy atom. The standard InChI is InChI=1S/C11H12BrF3N2O/c12-7-2-1-6(11(13,14)15)9(10(7)18)8-5-16-3-4-17-8/h1-2,8,16-18H,3-5H2/t8-/m1/s1. The Morgan fingerprint density at radius 1 is 1.28 bits per heavy atom. The number of piperazine rings is 1. The zero-order chi connectivity index (χ0) is 13.3. The zero-order valence-electron chi connectivity index (χ0n) is 9.31. The summed E-state index contributed by atoms with van der Waals surface area (Å²) in [5, 5.41) is 15.9. The summed E-state index contributed by atoms with van der Waals surface area (Å²) in [7, 11) is 0. The van der Waals surface area contributed by atoms with Gasteiger partial charge in [0, 0.05) is 31.2 Å². The van der Waals surface area contributed by atoms with Crippen molar-refractivity contribution in [3.8, 4) is 5.75 Å². The van der Waals surface area contributed by atoms with Crippen LogP contribution in [0.15, 0.2) is 16.6 Å².